The molecule has 0 spiro atoms. The van der Waals surface area contributed by atoms with Gasteiger partial charge in [0.25, 0.3) is 0 Å². The van der Waals surface area contributed by atoms with Gasteiger partial charge in [-0.05, 0) is 26.8 Å². The number of hydrogen-bond donors (Lipinski definition) is 2. The van der Waals surface area contributed by atoms with Gasteiger partial charge < -0.3 is 10.2 Å². The zero-order valence-electron chi connectivity index (χ0n) is 8.74. The summed E-state index contributed by atoms with van der Waals surface area (Å²) in [5.41, 5.74) is -0.872. The van der Waals surface area contributed by atoms with Gasteiger partial charge in [-0.25, -0.2) is 0 Å². The van der Waals surface area contributed by atoms with Crippen molar-refractivity contribution in [3.8, 4) is 0 Å². The molecule has 0 aromatic heterocycles. The van der Waals surface area contributed by atoms with E-state index in [9.17, 15) is 4.79 Å². The zero-order valence-corrected chi connectivity index (χ0v) is 8.74. The van der Waals surface area contributed by atoms with E-state index < -0.39 is 11.5 Å². The van der Waals surface area contributed by atoms with Gasteiger partial charge in [0.05, 0.1) is 0 Å². The molecule has 0 saturated heterocycles. The third kappa shape index (κ3) is 3.32. The molecule has 0 amide bonds. The van der Waals surface area contributed by atoms with Gasteiger partial charge in [0.2, 0.25) is 0 Å². The van der Waals surface area contributed by atoms with Crippen molar-refractivity contribution in [2.45, 2.75) is 26.3 Å². The quantitative estimate of drug-likeness (QED) is 0.657. The molecule has 0 aliphatic heterocycles. The van der Waals surface area contributed by atoms with E-state index >= 15 is 0 Å². The zero-order chi connectivity index (χ0) is 10.6. The summed E-state index contributed by atoms with van der Waals surface area (Å²) in [7, 11) is 1.75. The van der Waals surface area contributed by atoms with E-state index in [1.165, 1.54) is 0 Å². The molecule has 0 fully saturated rings. The summed E-state index contributed by atoms with van der Waals surface area (Å²) in [4.78, 5) is 12.6. The monoisotopic (exact) mass is 189 g/mol. The number of aliphatic hydroxyl groups is 1. The standard InChI is InChI=1S/C9H19NO3/c1-7(6-11)5-10(4)9(2,3)8(12)13/h7,11H,5-6H2,1-4H3,(H,12,13). The van der Waals surface area contributed by atoms with E-state index in [1.807, 2.05) is 6.92 Å². The highest BCUT2D eigenvalue weighted by Crippen LogP contribution is 2.13. The molecular formula is C9H19NO3. The topological polar surface area (TPSA) is 60.8 Å². The molecule has 0 rings (SSSR count). The lowest BCUT2D eigenvalue weighted by Crippen LogP contribution is -2.49. The fraction of sp³-hybridized carbons (Fsp3) is 0.889. The molecule has 4 nitrogen and oxygen atoms in total. The van der Waals surface area contributed by atoms with Gasteiger partial charge in [-0.2, -0.15) is 0 Å². The number of carbonyl (C=O) groups is 1. The van der Waals surface area contributed by atoms with Crippen molar-refractivity contribution in [1.29, 1.82) is 0 Å². The Morgan fingerprint density at radius 1 is 1.54 bits per heavy atom. The number of aliphatic hydroxyl groups excluding tert-OH is 1. The second-order valence-corrected chi connectivity index (χ2v) is 4.03. The van der Waals surface area contributed by atoms with Crippen LogP contribution in [0.25, 0.3) is 0 Å². The Labute approximate surface area is 79.2 Å². The molecule has 0 aromatic carbocycles. The van der Waals surface area contributed by atoms with Crippen LogP contribution in [0.5, 0.6) is 0 Å². The summed E-state index contributed by atoms with van der Waals surface area (Å²) in [6.45, 7) is 5.85. The van der Waals surface area contributed by atoms with Gasteiger partial charge in [0.1, 0.15) is 5.54 Å². The number of carboxylic acids is 1. The average molecular weight is 189 g/mol. The Kier molecular flexibility index (Phi) is 4.36. The smallest absolute Gasteiger partial charge is 0.323 e. The van der Waals surface area contributed by atoms with Gasteiger partial charge in [0.15, 0.2) is 0 Å². The molecule has 0 aromatic rings. The summed E-state index contributed by atoms with van der Waals surface area (Å²) in [6.07, 6.45) is 0. The predicted molar refractivity (Wildman–Crippen MR) is 50.6 cm³/mol. The number of rotatable bonds is 5. The summed E-state index contributed by atoms with van der Waals surface area (Å²) < 4.78 is 0. The Morgan fingerprint density at radius 3 is 2.31 bits per heavy atom. The number of hydrogen-bond acceptors (Lipinski definition) is 3. The molecule has 4 heteroatoms. The second kappa shape index (κ2) is 4.58. The first-order valence-electron chi connectivity index (χ1n) is 4.37. The largest absolute Gasteiger partial charge is 0.480 e. The Bertz CT molecular complexity index is 180. The van der Waals surface area contributed by atoms with Crippen LogP contribution in [-0.2, 0) is 4.79 Å². The molecule has 2 N–H and O–H groups in total. The summed E-state index contributed by atoms with van der Waals surface area (Å²) in [6, 6.07) is 0. The summed E-state index contributed by atoms with van der Waals surface area (Å²) in [5.74, 6) is -0.747. The van der Waals surface area contributed by atoms with Crippen LogP contribution in [0, 0.1) is 5.92 Å². The van der Waals surface area contributed by atoms with Gasteiger partial charge in [-0.3, -0.25) is 9.69 Å². The lowest BCUT2D eigenvalue weighted by Gasteiger charge is -2.32. The minimum absolute atomic E-state index is 0.0834. The molecule has 78 valence electrons. The van der Waals surface area contributed by atoms with Crippen LogP contribution in [0.2, 0.25) is 0 Å². The molecule has 1 unspecified atom stereocenters. The van der Waals surface area contributed by atoms with Crippen molar-refractivity contribution in [1.82, 2.24) is 4.90 Å². The number of carboxylic acid groups (broad SMARTS) is 1. The summed E-state index contributed by atoms with van der Waals surface area (Å²) >= 11 is 0. The minimum Gasteiger partial charge on any atom is -0.480 e. The highest BCUT2D eigenvalue weighted by molar-refractivity contribution is 5.77. The van der Waals surface area contributed by atoms with E-state index in [1.54, 1.807) is 25.8 Å². The van der Waals surface area contributed by atoms with Crippen molar-refractivity contribution < 1.29 is 15.0 Å². The van der Waals surface area contributed by atoms with E-state index in [2.05, 4.69) is 0 Å². The number of likely N-dealkylation sites (N-methyl/N-ethyl adjacent to an activating group) is 1. The van der Waals surface area contributed by atoms with Crippen LogP contribution in [0.15, 0.2) is 0 Å². The van der Waals surface area contributed by atoms with Crippen LogP contribution in [-0.4, -0.2) is 46.8 Å². The fourth-order valence-electron chi connectivity index (χ4n) is 0.917. The Morgan fingerprint density at radius 2 is 2.00 bits per heavy atom. The number of nitrogens with zero attached hydrogens (tertiary/aromatic N) is 1. The lowest BCUT2D eigenvalue weighted by atomic mass is 10.0. The predicted octanol–water partition coefficient (Wildman–Crippen LogP) is 0.410. The van der Waals surface area contributed by atoms with Crippen LogP contribution in [0.1, 0.15) is 20.8 Å². The van der Waals surface area contributed by atoms with Crippen LogP contribution < -0.4 is 0 Å². The van der Waals surface area contributed by atoms with Crippen molar-refractivity contribution in [3.63, 3.8) is 0 Å². The third-order valence-corrected chi connectivity index (χ3v) is 2.37. The van der Waals surface area contributed by atoms with E-state index in [4.69, 9.17) is 10.2 Å². The molecule has 0 saturated carbocycles. The van der Waals surface area contributed by atoms with E-state index in [-0.39, 0.29) is 12.5 Å². The van der Waals surface area contributed by atoms with Crippen molar-refractivity contribution >= 4 is 5.97 Å². The molecule has 13 heavy (non-hydrogen) atoms. The van der Waals surface area contributed by atoms with Gasteiger partial charge in [-0.15, -0.1) is 0 Å². The fourth-order valence-corrected chi connectivity index (χ4v) is 0.917. The van der Waals surface area contributed by atoms with Crippen LogP contribution >= 0.6 is 0 Å². The maximum Gasteiger partial charge on any atom is 0.323 e. The van der Waals surface area contributed by atoms with Crippen molar-refractivity contribution in [3.05, 3.63) is 0 Å². The molecule has 0 aliphatic carbocycles. The van der Waals surface area contributed by atoms with Crippen LogP contribution in [0.4, 0.5) is 0 Å². The van der Waals surface area contributed by atoms with E-state index in [0.717, 1.165) is 0 Å². The first-order chi connectivity index (χ1) is 5.82. The SMILES string of the molecule is CC(CO)CN(C)C(C)(C)C(=O)O. The molecule has 0 radical (unpaired) electrons. The maximum atomic E-state index is 10.8. The summed E-state index contributed by atoms with van der Waals surface area (Å²) in [5, 5.41) is 17.7. The number of aliphatic carboxylic acids is 1. The van der Waals surface area contributed by atoms with E-state index in [0.29, 0.717) is 6.54 Å². The molecular weight excluding hydrogens is 170 g/mol. The first-order valence-corrected chi connectivity index (χ1v) is 4.37. The molecule has 0 aliphatic rings. The third-order valence-electron chi connectivity index (χ3n) is 2.37. The molecule has 0 bridgehead atoms. The van der Waals surface area contributed by atoms with Gasteiger partial charge in [-0.1, -0.05) is 6.92 Å². The second-order valence-electron chi connectivity index (χ2n) is 4.03. The van der Waals surface area contributed by atoms with Gasteiger partial charge in [0, 0.05) is 13.2 Å². The Balaban J connectivity index is 4.24. The maximum absolute atomic E-state index is 10.8. The Hall–Kier alpha value is -0.610. The highest BCUT2D eigenvalue weighted by Gasteiger charge is 2.32. The van der Waals surface area contributed by atoms with Crippen molar-refractivity contribution in [2.24, 2.45) is 5.92 Å². The average Bonchev–Trinajstić information content (AvgIpc) is 2.03. The van der Waals surface area contributed by atoms with Crippen LogP contribution in [0.3, 0.4) is 0 Å². The van der Waals surface area contributed by atoms with Gasteiger partial charge >= 0.3 is 5.97 Å². The lowest BCUT2D eigenvalue weighted by molar-refractivity contribution is -0.148. The van der Waals surface area contributed by atoms with Crippen molar-refractivity contribution in [2.75, 3.05) is 20.2 Å². The highest BCUT2D eigenvalue weighted by atomic mass is 16.4. The first kappa shape index (κ1) is 12.4. The molecule has 0 heterocycles. The normalized spacial score (nSPS) is 14.6. The molecule has 1 atom stereocenters. The minimum atomic E-state index is -0.872.